The molecule has 0 spiro atoms. The van der Waals surface area contributed by atoms with E-state index in [-0.39, 0.29) is 30.1 Å². The van der Waals surface area contributed by atoms with Gasteiger partial charge in [-0.2, -0.15) is 0 Å². The summed E-state index contributed by atoms with van der Waals surface area (Å²) in [5, 5.41) is 5.52. The Hall–Kier alpha value is -3.15. The van der Waals surface area contributed by atoms with Gasteiger partial charge in [0.25, 0.3) is 0 Å². The minimum absolute atomic E-state index is 0.00303. The standard InChI is InChI=1S/C21H23N3O3/c1-14-3-5-16(6-4-14)12-24-13-17(11-20(24)26)21(27)23-19-9-7-18(8-10-19)22-15(2)25/h3-10,17H,11-13H2,1-2H3,(H,22,25)(H,23,27)/t17-/m0/s1. The number of amides is 3. The molecule has 0 unspecified atom stereocenters. The molecule has 2 N–H and O–H groups in total. The fourth-order valence-electron chi connectivity index (χ4n) is 3.10. The van der Waals surface area contributed by atoms with Gasteiger partial charge in [-0.05, 0) is 36.8 Å². The van der Waals surface area contributed by atoms with Gasteiger partial charge in [0.1, 0.15) is 0 Å². The Balaban J connectivity index is 1.57. The van der Waals surface area contributed by atoms with Crippen LogP contribution in [0.15, 0.2) is 48.5 Å². The van der Waals surface area contributed by atoms with Gasteiger partial charge in [-0.15, -0.1) is 0 Å². The van der Waals surface area contributed by atoms with Crippen LogP contribution in [0.1, 0.15) is 24.5 Å². The van der Waals surface area contributed by atoms with Crippen LogP contribution in [0, 0.1) is 12.8 Å². The predicted octanol–water partition coefficient (Wildman–Crippen LogP) is 2.94. The highest BCUT2D eigenvalue weighted by Crippen LogP contribution is 2.22. The molecule has 1 heterocycles. The number of nitrogens with zero attached hydrogens (tertiary/aromatic N) is 1. The first-order chi connectivity index (χ1) is 12.9. The zero-order chi connectivity index (χ0) is 19.4. The summed E-state index contributed by atoms with van der Waals surface area (Å²) >= 11 is 0. The van der Waals surface area contributed by atoms with Crippen LogP contribution >= 0.6 is 0 Å². The monoisotopic (exact) mass is 365 g/mol. The Morgan fingerprint density at radius 2 is 1.59 bits per heavy atom. The molecule has 1 aliphatic heterocycles. The van der Waals surface area contributed by atoms with Crippen LogP contribution in [0.4, 0.5) is 11.4 Å². The van der Waals surface area contributed by atoms with Crippen LogP contribution in [0.5, 0.6) is 0 Å². The van der Waals surface area contributed by atoms with Crippen molar-refractivity contribution in [3.63, 3.8) is 0 Å². The average Bonchev–Trinajstić information content (AvgIpc) is 2.99. The maximum atomic E-state index is 12.5. The summed E-state index contributed by atoms with van der Waals surface area (Å²) in [7, 11) is 0. The van der Waals surface area contributed by atoms with Crippen molar-refractivity contribution in [1.29, 1.82) is 0 Å². The summed E-state index contributed by atoms with van der Waals surface area (Å²) in [6.45, 7) is 4.40. The molecule has 0 aliphatic carbocycles. The second-order valence-electron chi connectivity index (χ2n) is 6.91. The van der Waals surface area contributed by atoms with Crippen molar-refractivity contribution in [3.05, 3.63) is 59.7 Å². The van der Waals surface area contributed by atoms with Gasteiger partial charge in [-0.1, -0.05) is 29.8 Å². The Kier molecular flexibility index (Phi) is 5.54. The summed E-state index contributed by atoms with van der Waals surface area (Å²) < 4.78 is 0. The molecule has 140 valence electrons. The zero-order valence-corrected chi connectivity index (χ0v) is 15.5. The van der Waals surface area contributed by atoms with Crippen molar-refractivity contribution < 1.29 is 14.4 Å². The molecule has 1 fully saturated rings. The van der Waals surface area contributed by atoms with Gasteiger partial charge in [0.05, 0.1) is 5.92 Å². The Morgan fingerprint density at radius 3 is 2.19 bits per heavy atom. The van der Waals surface area contributed by atoms with E-state index < -0.39 is 0 Å². The molecule has 0 radical (unpaired) electrons. The molecule has 0 aromatic heterocycles. The van der Waals surface area contributed by atoms with Crippen LogP contribution in [0.3, 0.4) is 0 Å². The van der Waals surface area contributed by atoms with Crippen molar-refractivity contribution in [2.24, 2.45) is 5.92 Å². The molecule has 2 aromatic rings. The van der Waals surface area contributed by atoms with Gasteiger partial charge in [0.15, 0.2) is 0 Å². The molecule has 6 nitrogen and oxygen atoms in total. The van der Waals surface area contributed by atoms with E-state index in [1.165, 1.54) is 12.5 Å². The number of aryl methyl sites for hydroxylation is 1. The third-order valence-corrected chi connectivity index (χ3v) is 4.55. The Morgan fingerprint density at radius 1 is 1.00 bits per heavy atom. The lowest BCUT2D eigenvalue weighted by Crippen LogP contribution is -2.28. The van der Waals surface area contributed by atoms with E-state index in [0.717, 1.165) is 5.56 Å². The second-order valence-corrected chi connectivity index (χ2v) is 6.91. The molecular formula is C21H23N3O3. The van der Waals surface area contributed by atoms with Crippen molar-refractivity contribution in [3.8, 4) is 0 Å². The first kappa shape index (κ1) is 18.6. The SMILES string of the molecule is CC(=O)Nc1ccc(NC(=O)[C@H]2CC(=O)N(Cc3ccc(C)cc3)C2)cc1. The molecule has 1 atom stereocenters. The average molecular weight is 365 g/mol. The van der Waals surface area contributed by atoms with E-state index in [0.29, 0.717) is 24.5 Å². The zero-order valence-electron chi connectivity index (χ0n) is 15.5. The van der Waals surface area contributed by atoms with E-state index >= 15 is 0 Å². The molecule has 3 rings (SSSR count). The van der Waals surface area contributed by atoms with E-state index in [9.17, 15) is 14.4 Å². The third-order valence-electron chi connectivity index (χ3n) is 4.55. The van der Waals surface area contributed by atoms with Gasteiger partial charge < -0.3 is 15.5 Å². The predicted molar refractivity (Wildman–Crippen MR) is 104 cm³/mol. The summed E-state index contributed by atoms with van der Waals surface area (Å²) in [6, 6.07) is 14.9. The Labute approximate surface area is 158 Å². The number of hydrogen-bond acceptors (Lipinski definition) is 3. The first-order valence-corrected chi connectivity index (χ1v) is 8.92. The number of carbonyl (C=O) groups is 3. The van der Waals surface area contributed by atoms with Crippen molar-refractivity contribution in [2.75, 3.05) is 17.2 Å². The number of nitrogens with one attached hydrogen (secondary N) is 2. The summed E-state index contributed by atoms with van der Waals surface area (Å²) in [5.41, 5.74) is 3.54. The molecule has 2 aromatic carbocycles. The molecule has 6 heteroatoms. The number of anilines is 2. The largest absolute Gasteiger partial charge is 0.338 e. The van der Waals surface area contributed by atoms with Crippen LogP contribution in [0.2, 0.25) is 0 Å². The van der Waals surface area contributed by atoms with E-state index in [1.807, 2.05) is 31.2 Å². The van der Waals surface area contributed by atoms with Crippen molar-refractivity contribution >= 4 is 29.1 Å². The molecule has 27 heavy (non-hydrogen) atoms. The number of likely N-dealkylation sites (tertiary alicyclic amines) is 1. The third kappa shape index (κ3) is 4.94. The lowest BCUT2D eigenvalue weighted by molar-refractivity contribution is -0.128. The molecular weight excluding hydrogens is 342 g/mol. The fraction of sp³-hybridized carbons (Fsp3) is 0.286. The highest BCUT2D eigenvalue weighted by Gasteiger charge is 2.34. The maximum absolute atomic E-state index is 12.5. The minimum Gasteiger partial charge on any atom is -0.338 e. The summed E-state index contributed by atoms with van der Waals surface area (Å²) in [4.78, 5) is 37.5. The number of benzene rings is 2. The highest BCUT2D eigenvalue weighted by atomic mass is 16.2. The first-order valence-electron chi connectivity index (χ1n) is 8.92. The van der Waals surface area contributed by atoms with Crippen LogP contribution < -0.4 is 10.6 Å². The topological polar surface area (TPSA) is 78.5 Å². The summed E-state index contributed by atoms with van der Waals surface area (Å²) in [6.07, 6.45) is 0.224. The van der Waals surface area contributed by atoms with Gasteiger partial charge in [-0.3, -0.25) is 14.4 Å². The molecule has 1 aliphatic rings. The van der Waals surface area contributed by atoms with E-state index in [1.54, 1.807) is 29.2 Å². The lowest BCUT2D eigenvalue weighted by Gasteiger charge is -2.17. The highest BCUT2D eigenvalue weighted by molar-refractivity contribution is 5.97. The van der Waals surface area contributed by atoms with Gasteiger partial charge in [0.2, 0.25) is 17.7 Å². The maximum Gasteiger partial charge on any atom is 0.229 e. The van der Waals surface area contributed by atoms with Gasteiger partial charge in [0, 0.05) is 37.8 Å². The fourth-order valence-corrected chi connectivity index (χ4v) is 3.10. The van der Waals surface area contributed by atoms with Gasteiger partial charge in [-0.25, -0.2) is 0 Å². The number of carbonyl (C=O) groups excluding carboxylic acids is 3. The quantitative estimate of drug-likeness (QED) is 0.855. The number of hydrogen-bond donors (Lipinski definition) is 2. The molecule has 0 saturated carbocycles. The van der Waals surface area contributed by atoms with E-state index in [4.69, 9.17) is 0 Å². The smallest absolute Gasteiger partial charge is 0.229 e. The van der Waals surface area contributed by atoms with Crippen molar-refractivity contribution in [2.45, 2.75) is 26.8 Å². The Bertz CT molecular complexity index is 844. The molecule has 1 saturated heterocycles. The van der Waals surface area contributed by atoms with Crippen LogP contribution in [0.25, 0.3) is 0 Å². The van der Waals surface area contributed by atoms with Gasteiger partial charge >= 0.3 is 0 Å². The number of rotatable bonds is 5. The lowest BCUT2D eigenvalue weighted by atomic mass is 10.1. The van der Waals surface area contributed by atoms with Crippen molar-refractivity contribution in [1.82, 2.24) is 4.90 Å². The van der Waals surface area contributed by atoms with Crippen LogP contribution in [-0.2, 0) is 20.9 Å². The normalized spacial score (nSPS) is 16.3. The molecule has 3 amide bonds. The van der Waals surface area contributed by atoms with Crippen LogP contribution in [-0.4, -0.2) is 29.2 Å². The summed E-state index contributed by atoms with van der Waals surface area (Å²) in [5.74, 6) is -0.679. The molecule has 0 bridgehead atoms. The second kappa shape index (κ2) is 8.03. The van der Waals surface area contributed by atoms with E-state index in [2.05, 4.69) is 10.6 Å². The minimum atomic E-state index is -0.363.